The summed E-state index contributed by atoms with van der Waals surface area (Å²) in [5.74, 6) is 0.645. The Morgan fingerprint density at radius 2 is 1.88 bits per heavy atom. The molecular weight excluding hydrogens is 320 g/mol. The second-order valence-electron chi connectivity index (χ2n) is 6.20. The van der Waals surface area contributed by atoms with E-state index in [2.05, 4.69) is 22.1 Å². The first-order valence-corrected chi connectivity index (χ1v) is 9.05. The fourth-order valence-corrected chi connectivity index (χ4v) is 3.91. The van der Waals surface area contributed by atoms with Crippen molar-refractivity contribution in [2.75, 3.05) is 18.8 Å². The van der Waals surface area contributed by atoms with Gasteiger partial charge in [0.2, 0.25) is 5.91 Å². The molecule has 6 heteroatoms. The molecule has 1 aliphatic rings. The van der Waals surface area contributed by atoms with Crippen LogP contribution in [0, 0.1) is 13.8 Å². The summed E-state index contributed by atoms with van der Waals surface area (Å²) >= 11 is 1.39. The van der Waals surface area contributed by atoms with Crippen molar-refractivity contribution in [3.05, 3.63) is 53.3 Å². The molecule has 5 nitrogen and oxygen atoms in total. The van der Waals surface area contributed by atoms with Crippen LogP contribution in [0.4, 0.5) is 0 Å². The van der Waals surface area contributed by atoms with E-state index >= 15 is 0 Å². The quantitative estimate of drug-likeness (QED) is 0.681. The third-order valence-electron chi connectivity index (χ3n) is 4.23. The Morgan fingerprint density at radius 1 is 1.21 bits per heavy atom. The van der Waals surface area contributed by atoms with Gasteiger partial charge in [0.25, 0.3) is 0 Å². The highest BCUT2D eigenvalue weighted by molar-refractivity contribution is 7.99. The van der Waals surface area contributed by atoms with Crippen LogP contribution in [-0.4, -0.2) is 45.7 Å². The van der Waals surface area contributed by atoms with Crippen LogP contribution in [0.25, 0.3) is 0 Å². The van der Waals surface area contributed by atoms with Crippen molar-refractivity contribution in [1.29, 1.82) is 0 Å². The van der Waals surface area contributed by atoms with Crippen LogP contribution >= 0.6 is 11.8 Å². The first kappa shape index (κ1) is 16.9. The van der Waals surface area contributed by atoms with Crippen molar-refractivity contribution in [3.8, 4) is 0 Å². The predicted molar refractivity (Wildman–Crippen MR) is 96.0 cm³/mol. The first-order chi connectivity index (χ1) is 11.5. The Kier molecular flexibility index (Phi) is 5.16. The van der Waals surface area contributed by atoms with Crippen LogP contribution in [0.3, 0.4) is 0 Å². The molecule has 3 rings (SSSR count). The number of aromatic nitrogens is 2. The summed E-state index contributed by atoms with van der Waals surface area (Å²) in [5, 5.41) is 0.656. The number of carbonyl (C=O) groups excluding carboxylic acids is 1. The van der Waals surface area contributed by atoms with Gasteiger partial charge in [0.1, 0.15) is 0 Å². The van der Waals surface area contributed by atoms with Crippen molar-refractivity contribution in [2.45, 2.75) is 31.0 Å². The molecular formula is C18H22N4OS. The zero-order valence-corrected chi connectivity index (χ0v) is 14.8. The van der Waals surface area contributed by atoms with Gasteiger partial charge in [0.05, 0.1) is 5.75 Å². The number of thioether (sulfide) groups is 1. The summed E-state index contributed by atoms with van der Waals surface area (Å²) in [6.45, 7) is 5.15. The van der Waals surface area contributed by atoms with Crippen molar-refractivity contribution in [3.63, 3.8) is 0 Å². The van der Waals surface area contributed by atoms with Gasteiger partial charge in [-0.25, -0.2) is 9.97 Å². The lowest BCUT2D eigenvalue weighted by atomic mass is 9.95. The zero-order chi connectivity index (χ0) is 17.1. The van der Waals surface area contributed by atoms with Gasteiger partial charge in [-0.1, -0.05) is 42.1 Å². The summed E-state index contributed by atoms with van der Waals surface area (Å²) in [6.07, 6.45) is 0. The van der Waals surface area contributed by atoms with Crippen LogP contribution in [0.5, 0.6) is 0 Å². The summed E-state index contributed by atoms with van der Waals surface area (Å²) < 4.78 is 0. The highest BCUT2D eigenvalue weighted by Gasteiger charge is 2.33. The van der Waals surface area contributed by atoms with Gasteiger partial charge in [-0.05, 0) is 25.5 Å². The van der Waals surface area contributed by atoms with Crippen LogP contribution in [0.1, 0.15) is 22.9 Å². The Balaban J connectivity index is 1.60. The largest absolute Gasteiger partial charge is 0.340 e. The van der Waals surface area contributed by atoms with Gasteiger partial charge in [0.15, 0.2) is 5.16 Å². The number of benzene rings is 1. The molecule has 1 saturated heterocycles. The molecule has 1 aliphatic heterocycles. The van der Waals surface area contributed by atoms with E-state index < -0.39 is 0 Å². The minimum atomic E-state index is -0.0150. The second-order valence-corrected chi connectivity index (χ2v) is 7.14. The number of rotatable bonds is 4. The van der Waals surface area contributed by atoms with Gasteiger partial charge in [-0.15, -0.1) is 0 Å². The Bertz CT molecular complexity index is 702. The molecule has 24 heavy (non-hydrogen) atoms. The monoisotopic (exact) mass is 342 g/mol. The normalized spacial score (nSPS) is 20.4. The smallest absolute Gasteiger partial charge is 0.233 e. The summed E-state index contributed by atoms with van der Waals surface area (Å²) in [6, 6.07) is 12.1. The van der Waals surface area contributed by atoms with E-state index in [1.165, 1.54) is 17.3 Å². The topological polar surface area (TPSA) is 72.1 Å². The van der Waals surface area contributed by atoms with Crippen LogP contribution < -0.4 is 5.73 Å². The molecule has 2 aromatic rings. The molecule has 1 fully saturated rings. The number of likely N-dealkylation sites (tertiary alicyclic amines) is 1. The van der Waals surface area contributed by atoms with E-state index in [0.717, 1.165) is 11.4 Å². The van der Waals surface area contributed by atoms with Gasteiger partial charge in [-0.2, -0.15) is 0 Å². The Morgan fingerprint density at radius 3 is 2.54 bits per heavy atom. The van der Waals surface area contributed by atoms with Crippen molar-refractivity contribution in [1.82, 2.24) is 14.9 Å². The first-order valence-electron chi connectivity index (χ1n) is 8.06. The number of aryl methyl sites for hydroxylation is 2. The lowest BCUT2D eigenvalue weighted by Gasteiger charge is -2.16. The molecule has 1 amide bonds. The maximum atomic E-state index is 12.5. The summed E-state index contributed by atoms with van der Waals surface area (Å²) in [5.41, 5.74) is 9.30. The maximum absolute atomic E-state index is 12.5. The highest BCUT2D eigenvalue weighted by Crippen LogP contribution is 2.27. The Hall–Kier alpha value is -1.92. The molecule has 2 heterocycles. The van der Waals surface area contributed by atoms with Gasteiger partial charge < -0.3 is 10.6 Å². The summed E-state index contributed by atoms with van der Waals surface area (Å²) in [4.78, 5) is 23.1. The predicted octanol–water partition coefficient (Wildman–Crippen LogP) is 2.14. The van der Waals surface area contributed by atoms with Crippen molar-refractivity contribution in [2.24, 2.45) is 5.73 Å². The van der Waals surface area contributed by atoms with Crippen molar-refractivity contribution < 1.29 is 4.79 Å². The molecule has 0 unspecified atom stereocenters. The fraction of sp³-hybridized carbons (Fsp3) is 0.389. The maximum Gasteiger partial charge on any atom is 0.233 e. The van der Waals surface area contributed by atoms with Gasteiger partial charge >= 0.3 is 0 Å². The molecule has 1 aromatic heterocycles. The van der Waals surface area contributed by atoms with Crippen LogP contribution in [-0.2, 0) is 4.79 Å². The number of nitrogens with two attached hydrogens (primary N) is 1. The average molecular weight is 342 g/mol. The van der Waals surface area contributed by atoms with E-state index in [1.54, 1.807) is 0 Å². The van der Waals surface area contributed by atoms with E-state index in [9.17, 15) is 4.79 Å². The van der Waals surface area contributed by atoms with E-state index in [4.69, 9.17) is 5.73 Å². The third kappa shape index (κ3) is 3.94. The van der Waals surface area contributed by atoms with Crippen LogP contribution in [0.15, 0.2) is 41.6 Å². The van der Waals surface area contributed by atoms with Gasteiger partial charge in [0, 0.05) is 36.4 Å². The molecule has 2 N–H and O–H groups in total. The van der Waals surface area contributed by atoms with Crippen molar-refractivity contribution >= 4 is 17.7 Å². The summed E-state index contributed by atoms with van der Waals surface area (Å²) in [7, 11) is 0. The lowest BCUT2D eigenvalue weighted by Crippen LogP contribution is -2.33. The minimum Gasteiger partial charge on any atom is -0.340 e. The van der Waals surface area contributed by atoms with E-state index in [1.807, 2.05) is 43.0 Å². The van der Waals surface area contributed by atoms with Crippen LogP contribution in [0.2, 0.25) is 0 Å². The lowest BCUT2D eigenvalue weighted by molar-refractivity contribution is -0.127. The third-order valence-corrected chi connectivity index (χ3v) is 5.06. The SMILES string of the molecule is Cc1cc(C)nc(SCC(=O)N2C[C@@H](N)[C@H](c3ccccc3)C2)n1. The number of hydrogen-bond acceptors (Lipinski definition) is 5. The molecule has 0 aliphatic carbocycles. The molecule has 126 valence electrons. The average Bonchev–Trinajstić information content (AvgIpc) is 2.94. The molecule has 0 spiro atoms. The molecule has 0 radical (unpaired) electrons. The standard InChI is InChI=1S/C18H22N4OS/c1-12-8-13(2)21-18(20-12)24-11-17(23)22-9-15(16(19)10-22)14-6-4-3-5-7-14/h3-8,15-16H,9-11,19H2,1-2H3/t15-,16+/m0/s1. The molecule has 0 bridgehead atoms. The number of hydrogen-bond donors (Lipinski definition) is 1. The van der Waals surface area contributed by atoms with Gasteiger partial charge in [-0.3, -0.25) is 4.79 Å². The number of amides is 1. The second kappa shape index (κ2) is 7.32. The van der Waals surface area contributed by atoms with E-state index in [-0.39, 0.29) is 17.9 Å². The highest BCUT2D eigenvalue weighted by atomic mass is 32.2. The number of carbonyl (C=O) groups is 1. The fourth-order valence-electron chi connectivity index (χ4n) is 3.06. The minimum absolute atomic E-state index is 0.0150. The Labute approximate surface area is 146 Å². The number of nitrogens with zero attached hydrogens (tertiary/aromatic N) is 3. The molecule has 1 aromatic carbocycles. The zero-order valence-electron chi connectivity index (χ0n) is 14.0. The molecule has 0 saturated carbocycles. The molecule has 2 atom stereocenters. The van der Waals surface area contributed by atoms with E-state index in [0.29, 0.717) is 24.0 Å².